The van der Waals surface area contributed by atoms with E-state index in [2.05, 4.69) is 26.6 Å². The number of hydrogen-bond donors (Lipinski definition) is 2. The van der Waals surface area contributed by atoms with Crippen molar-refractivity contribution in [3.63, 3.8) is 0 Å². The fraction of sp³-hybridized carbons (Fsp3) is 0.543. The van der Waals surface area contributed by atoms with Crippen molar-refractivity contribution in [2.75, 3.05) is 13.7 Å². The normalized spacial score (nSPS) is 25.2. The fourth-order valence-electron chi connectivity index (χ4n) is 7.81. The SMILES string of the molecule is COc1cc(C(=O)N2C[C@H](N)[C@@H]3CC[C@H]2C3)cc2nc(-c3cc4ccc5nc4n3CCCCCC(C)(C)C(=O)N[C@@H]5C)n(C)c12. The third kappa shape index (κ3) is 5.07. The van der Waals surface area contributed by atoms with Crippen LogP contribution in [0.1, 0.15) is 87.8 Å². The van der Waals surface area contributed by atoms with Crippen LogP contribution in [0.3, 0.4) is 0 Å². The zero-order valence-electron chi connectivity index (χ0n) is 27.1. The van der Waals surface area contributed by atoms with E-state index in [4.69, 9.17) is 20.4 Å². The first-order valence-electron chi connectivity index (χ1n) is 16.5. The number of hydrogen-bond acceptors (Lipinski definition) is 6. The average Bonchev–Trinajstić information content (AvgIpc) is 3.71. The van der Waals surface area contributed by atoms with Gasteiger partial charge in [0.15, 0.2) is 5.82 Å². The van der Waals surface area contributed by atoms with Gasteiger partial charge in [-0.2, -0.15) is 0 Å². The first-order valence-corrected chi connectivity index (χ1v) is 16.5. The summed E-state index contributed by atoms with van der Waals surface area (Å²) in [6, 6.07) is 10.1. The molecule has 2 fully saturated rings. The number of ether oxygens (including phenoxy) is 1. The van der Waals surface area contributed by atoms with E-state index in [9.17, 15) is 9.59 Å². The maximum atomic E-state index is 13.9. The number of nitrogens with zero attached hydrogens (tertiary/aromatic N) is 5. The molecular formula is C35H45N7O3. The third-order valence-corrected chi connectivity index (χ3v) is 10.6. The molecule has 0 spiro atoms. The Hall–Kier alpha value is -3.92. The number of aromatic nitrogens is 4. The van der Waals surface area contributed by atoms with Gasteiger partial charge in [0.2, 0.25) is 5.91 Å². The Labute approximate surface area is 264 Å². The van der Waals surface area contributed by atoms with E-state index in [0.29, 0.717) is 23.8 Å². The van der Waals surface area contributed by atoms with Crippen molar-refractivity contribution in [2.24, 2.45) is 24.1 Å². The molecule has 3 aliphatic rings. The van der Waals surface area contributed by atoms with Gasteiger partial charge in [0.25, 0.3) is 5.91 Å². The Kier molecular flexibility index (Phi) is 7.38. The summed E-state index contributed by atoms with van der Waals surface area (Å²) in [7, 11) is 3.64. The number of piperidine rings is 1. The topological polar surface area (TPSA) is 120 Å². The molecule has 4 bridgehead atoms. The van der Waals surface area contributed by atoms with Crippen molar-refractivity contribution in [1.82, 2.24) is 29.3 Å². The smallest absolute Gasteiger partial charge is 0.254 e. The van der Waals surface area contributed by atoms with Gasteiger partial charge in [-0.3, -0.25) is 9.59 Å². The summed E-state index contributed by atoms with van der Waals surface area (Å²) in [6.07, 6.45) is 6.88. The maximum absolute atomic E-state index is 13.9. The number of fused-ring (bicyclic) bond motifs is 4. The minimum atomic E-state index is -0.432. The van der Waals surface area contributed by atoms with Gasteiger partial charge in [-0.1, -0.05) is 26.7 Å². The Morgan fingerprint density at radius 1 is 1.11 bits per heavy atom. The number of nitrogens with two attached hydrogens (primary N) is 1. The second kappa shape index (κ2) is 11.2. The standard InChI is InChI=1S/C35H45N7O3/c1-20-26-12-10-22-17-28(41(31(22)38-26)14-8-6-7-13-35(2,3)34(44)37-20)32-39-27-16-23(18-29(45-5)30(27)40(32)4)33(43)42-19-25(36)21-9-11-24(42)15-21/h10,12,16-18,20-21,24-25H,6-9,11,13-15,19,36H2,1-5H3,(H,37,44)/t20-,21-,24+,25+/m1/s1. The molecule has 5 heterocycles. The minimum Gasteiger partial charge on any atom is -0.494 e. The predicted molar refractivity (Wildman–Crippen MR) is 175 cm³/mol. The molecule has 3 aromatic heterocycles. The molecule has 0 unspecified atom stereocenters. The van der Waals surface area contributed by atoms with Crippen LogP contribution in [0, 0.1) is 11.3 Å². The van der Waals surface area contributed by atoms with E-state index in [-0.39, 0.29) is 29.9 Å². The summed E-state index contributed by atoms with van der Waals surface area (Å²) < 4.78 is 10.2. The molecule has 1 saturated carbocycles. The van der Waals surface area contributed by atoms with Crippen molar-refractivity contribution in [2.45, 2.75) is 90.4 Å². The Morgan fingerprint density at radius 2 is 1.93 bits per heavy atom. The highest BCUT2D eigenvalue weighted by Gasteiger charge is 2.41. The Bertz CT molecular complexity index is 1800. The van der Waals surface area contributed by atoms with E-state index in [1.807, 2.05) is 50.9 Å². The molecule has 4 aromatic rings. The zero-order chi connectivity index (χ0) is 31.6. The maximum Gasteiger partial charge on any atom is 0.254 e. The molecule has 0 radical (unpaired) electrons. The van der Waals surface area contributed by atoms with Crippen molar-refractivity contribution < 1.29 is 14.3 Å². The largest absolute Gasteiger partial charge is 0.494 e. The molecule has 7 rings (SSSR count). The number of carbonyl (C=O) groups is 2. The molecule has 2 amide bonds. The molecule has 10 nitrogen and oxygen atoms in total. The van der Waals surface area contributed by atoms with Gasteiger partial charge in [0.1, 0.15) is 16.9 Å². The number of pyridine rings is 1. The highest BCUT2D eigenvalue weighted by atomic mass is 16.5. The monoisotopic (exact) mass is 611 g/mol. The molecule has 1 aromatic carbocycles. The van der Waals surface area contributed by atoms with Gasteiger partial charge in [0.05, 0.1) is 30.1 Å². The van der Waals surface area contributed by atoms with E-state index >= 15 is 0 Å². The van der Waals surface area contributed by atoms with Crippen LogP contribution < -0.4 is 15.8 Å². The lowest BCUT2D eigenvalue weighted by Crippen LogP contribution is -2.51. The molecular weight excluding hydrogens is 566 g/mol. The molecule has 1 saturated heterocycles. The number of likely N-dealkylation sites (tertiary alicyclic amines) is 1. The third-order valence-electron chi connectivity index (χ3n) is 10.6. The molecule has 238 valence electrons. The first-order chi connectivity index (χ1) is 21.6. The van der Waals surface area contributed by atoms with Crippen LogP contribution in [0.5, 0.6) is 5.75 Å². The number of benzene rings is 1. The van der Waals surface area contributed by atoms with Gasteiger partial charge in [-0.05, 0) is 75.3 Å². The van der Waals surface area contributed by atoms with Gasteiger partial charge in [0, 0.05) is 48.6 Å². The number of carbonyl (C=O) groups excluding carboxylic acids is 2. The van der Waals surface area contributed by atoms with Gasteiger partial charge in [-0.15, -0.1) is 0 Å². The first kappa shape index (κ1) is 29.8. The predicted octanol–water partition coefficient (Wildman–Crippen LogP) is 5.33. The van der Waals surface area contributed by atoms with E-state index in [1.54, 1.807) is 7.11 Å². The van der Waals surface area contributed by atoms with Crippen LogP contribution in [-0.2, 0) is 18.4 Å². The summed E-state index contributed by atoms with van der Waals surface area (Å²) in [5, 5.41) is 4.22. The number of aryl methyl sites for hydroxylation is 2. The van der Waals surface area contributed by atoms with Gasteiger partial charge in [-0.25, -0.2) is 9.97 Å². The number of nitrogens with one attached hydrogen (secondary N) is 1. The average molecular weight is 612 g/mol. The van der Waals surface area contributed by atoms with E-state index < -0.39 is 5.41 Å². The second-order valence-electron chi connectivity index (χ2n) is 14.1. The molecule has 3 N–H and O–H groups in total. The number of methoxy groups -OCH3 is 1. The molecule has 45 heavy (non-hydrogen) atoms. The Morgan fingerprint density at radius 3 is 2.73 bits per heavy atom. The van der Waals surface area contributed by atoms with Crippen molar-refractivity contribution >= 4 is 33.9 Å². The number of imidazole rings is 1. The second-order valence-corrected chi connectivity index (χ2v) is 14.1. The van der Waals surface area contributed by atoms with Crippen LogP contribution in [0.2, 0.25) is 0 Å². The molecule has 1 aliphatic carbocycles. The van der Waals surface area contributed by atoms with Gasteiger partial charge >= 0.3 is 0 Å². The lowest BCUT2D eigenvalue weighted by molar-refractivity contribution is -0.130. The quantitative estimate of drug-likeness (QED) is 0.323. The molecule has 10 heteroatoms. The van der Waals surface area contributed by atoms with Crippen LogP contribution in [-0.4, -0.2) is 61.6 Å². The Balaban J connectivity index is 1.30. The summed E-state index contributed by atoms with van der Waals surface area (Å²) in [5.41, 5.74) is 10.8. The highest BCUT2D eigenvalue weighted by Crippen LogP contribution is 2.39. The summed E-state index contributed by atoms with van der Waals surface area (Å²) in [6.45, 7) is 7.42. The zero-order valence-corrected chi connectivity index (χ0v) is 27.1. The lowest BCUT2D eigenvalue weighted by Gasteiger charge is -2.37. The fourth-order valence-corrected chi connectivity index (χ4v) is 7.81. The molecule has 2 aliphatic heterocycles. The van der Waals surface area contributed by atoms with Gasteiger partial charge < -0.3 is 29.8 Å². The van der Waals surface area contributed by atoms with E-state index in [1.165, 1.54) is 0 Å². The van der Waals surface area contributed by atoms with Crippen molar-refractivity contribution in [3.8, 4) is 17.3 Å². The summed E-state index contributed by atoms with van der Waals surface area (Å²) in [4.78, 5) is 39.2. The summed E-state index contributed by atoms with van der Waals surface area (Å²) >= 11 is 0. The number of rotatable bonds is 3. The van der Waals surface area contributed by atoms with E-state index in [0.717, 1.165) is 90.8 Å². The van der Waals surface area contributed by atoms with Crippen LogP contribution in [0.4, 0.5) is 0 Å². The van der Waals surface area contributed by atoms with Crippen LogP contribution >= 0.6 is 0 Å². The van der Waals surface area contributed by atoms with Crippen molar-refractivity contribution in [3.05, 3.63) is 41.6 Å². The van der Waals surface area contributed by atoms with Crippen LogP contribution in [0.25, 0.3) is 33.6 Å². The molecule has 4 atom stereocenters. The highest BCUT2D eigenvalue weighted by molar-refractivity contribution is 6.00. The minimum absolute atomic E-state index is 0.00390. The van der Waals surface area contributed by atoms with Crippen molar-refractivity contribution in [1.29, 1.82) is 0 Å². The van der Waals surface area contributed by atoms with Crippen LogP contribution in [0.15, 0.2) is 30.3 Å². The number of amides is 2. The summed E-state index contributed by atoms with van der Waals surface area (Å²) in [5.74, 6) is 1.99. The lowest BCUT2D eigenvalue weighted by atomic mass is 9.85.